The normalized spacial score (nSPS) is 20.8. The van der Waals surface area contributed by atoms with E-state index in [9.17, 15) is 21.8 Å². The number of alkyl halides is 3. The fraction of sp³-hybridized carbons (Fsp3) is 0.385. The van der Waals surface area contributed by atoms with Gasteiger partial charge in [-0.25, -0.2) is 18.6 Å². The Morgan fingerprint density at radius 1 is 1.14 bits per heavy atom. The van der Waals surface area contributed by atoms with E-state index in [2.05, 4.69) is 33.7 Å². The van der Waals surface area contributed by atoms with Crippen molar-refractivity contribution < 1.29 is 31.2 Å². The number of rotatable bonds is 8. The molecule has 1 N–H and O–H groups in total. The maximum Gasteiger partial charge on any atom is 0.402 e. The largest absolute Gasteiger partial charge is 0.480 e. The first kappa shape index (κ1) is 26.8. The van der Waals surface area contributed by atoms with Gasteiger partial charge in [-0.15, -0.1) is 0 Å². The molecule has 1 unspecified atom stereocenters. The van der Waals surface area contributed by atoms with Crippen LogP contribution in [0.25, 0.3) is 11.3 Å². The molecule has 0 saturated heterocycles. The van der Waals surface area contributed by atoms with Crippen molar-refractivity contribution in [3.05, 3.63) is 66.1 Å². The van der Waals surface area contributed by atoms with Crippen LogP contribution in [0.2, 0.25) is 0 Å². The first-order valence-corrected chi connectivity index (χ1v) is 13.0. The lowest BCUT2D eigenvalue weighted by Gasteiger charge is -2.37. The van der Waals surface area contributed by atoms with Crippen molar-refractivity contribution in [1.29, 1.82) is 0 Å². The lowest BCUT2D eigenvalue weighted by atomic mass is 9.70. The molecule has 3 aromatic rings. The highest BCUT2D eigenvalue weighted by atomic mass is 32.2. The summed E-state index contributed by atoms with van der Waals surface area (Å²) < 4.78 is 77.8. The maximum atomic E-state index is 14.7. The third kappa shape index (κ3) is 6.76. The second-order valence-corrected chi connectivity index (χ2v) is 10.4. The highest BCUT2D eigenvalue weighted by molar-refractivity contribution is 7.86. The minimum Gasteiger partial charge on any atom is -0.480 e. The molecule has 1 aliphatic carbocycles. The predicted molar refractivity (Wildman–Crippen MR) is 133 cm³/mol. The lowest BCUT2D eigenvalue weighted by Crippen LogP contribution is -2.33. The van der Waals surface area contributed by atoms with Gasteiger partial charge in [0.2, 0.25) is 11.8 Å². The van der Waals surface area contributed by atoms with Gasteiger partial charge in [-0.3, -0.25) is 4.72 Å². The molecule has 0 spiro atoms. The summed E-state index contributed by atoms with van der Waals surface area (Å²) in [5.74, 6) is -2.09. The number of methoxy groups -OCH3 is 1. The summed E-state index contributed by atoms with van der Waals surface area (Å²) in [4.78, 5) is 8.31. The molecule has 1 atom stereocenters. The van der Waals surface area contributed by atoms with Crippen molar-refractivity contribution in [3.63, 3.8) is 0 Å². The van der Waals surface area contributed by atoms with Gasteiger partial charge >= 0.3 is 6.18 Å². The second kappa shape index (κ2) is 11.0. The minimum atomic E-state index is -4.63. The summed E-state index contributed by atoms with van der Waals surface area (Å²) in [6, 6.07) is 14.3. The van der Waals surface area contributed by atoms with Crippen LogP contribution in [0.15, 0.2) is 54.7 Å². The summed E-state index contributed by atoms with van der Waals surface area (Å²) in [5, 5.41) is 0. The van der Waals surface area contributed by atoms with E-state index in [4.69, 9.17) is 9.47 Å². The van der Waals surface area contributed by atoms with Crippen LogP contribution < -0.4 is 14.2 Å². The molecular weight excluding hydrogens is 510 g/mol. The van der Waals surface area contributed by atoms with Gasteiger partial charge in [-0.2, -0.15) is 13.2 Å². The highest BCUT2D eigenvalue weighted by Gasteiger charge is 2.34. The molecule has 37 heavy (non-hydrogen) atoms. The van der Waals surface area contributed by atoms with Gasteiger partial charge in [0.1, 0.15) is 40.0 Å². The van der Waals surface area contributed by atoms with E-state index >= 15 is 0 Å². The summed E-state index contributed by atoms with van der Waals surface area (Å²) >= 11 is 0. The SMILES string of the molecule is COc1ncc(-c2nc(OC3CCC(C)(c4ccccc4)CC3)ccc2F)cc1NS(=O)CC(F)(F)F. The number of anilines is 1. The molecule has 2 aromatic heterocycles. The minimum absolute atomic E-state index is 0.0624. The van der Waals surface area contributed by atoms with Crippen molar-refractivity contribution in [2.24, 2.45) is 0 Å². The topological polar surface area (TPSA) is 73.3 Å². The van der Waals surface area contributed by atoms with Crippen LogP contribution in [-0.4, -0.2) is 39.3 Å². The highest BCUT2D eigenvalue weighted by Crippen LogP contribution is 2.40. The third-order valence-corrected chi connectivity index (χ3v) is 7.49. The number of hydrogen-bond donors (Lipinski definition) is 1. The number of nitrogens with zero attached hydrogens (tertiary/aromatic N) is 2. The third-order valence-electron chi connectivity index (χ3n) is 6.45. The van der Waals surface area contributed by atoms with Crippen molar-refractivity contribution >= 4 is 16.7 Å². The van der Waals surface area contributed by atoms with Crippen molar-refractivity contribution in [3.8, 4) is 23.0 Å². The number of benzene rings is 1. The molecule has 0 bridgehead atoms. The van der Waals surface area contributed by atoms with E-state index in [0.717, 1.165) is 25.7 Å². The van der Waals surface area contributed by atoms with Crippen LogP contribution in [0.4, 0.5) is 23.2 Å². The molecule has 6 nitrogen and oxygen atoms in total. The van der Waals surface area contributed by atoms with Crippen molar-refractivity contribution in [1.82, 2.24) is 9.97 Å². The Hall–Kier alpha value is -3.21. The Labute approximate surface area is 215 Å². The zero-order valence-corrected chi connectivity index (χ0v) is 21.2. The molecule has 1 fully saturated rings. The molecule has 0 amide bonds. The van der Waals surface area contributed by atoms with E-state index in [1.54, 1.807) is 0 Å². The van der Waals surface area contributed by atoms with E-state index in [0.29, 0.717) is 0 Å². The number of ether oxygens (including phenoxy) is 2. The Morgan fingerprint density at radius 2 is 1.84 bits per heavy atom. The molecule has 2 heterocycles. The van der Waals surface area contributed by atoms with Gasteiger partial charge in [0.15, 0.2) is 0 Å². The second-order valence-electron chi connectivity index (χ2n) is 9.21. The Kier molecular flexibility index (Phi) is 8.01. The molecule has 11 heteroatoms. The summed E-state index contributed by atoms with van der Waals surface area (Å²) in [5.41, 5.74) is 1.34. The number of hydrogen-bond acceptors (Lipinski definition) is 5. The van der Waals surface area contributed by atoms with E-state index in [1.807, 2.05) is 18.2 Å². The van der Waals surface area contributed by atoms with Crippen molar-refractivity contribution in [2.45, 2.75) is 50.3 Å². The first-order valence-electron chi connectivity index (χ1n) is 11.7. The van der Waals surface area contributed by atoms with Gasteiger partial charge in [0.25, 0.3) is 0 Å². The summed E-state index contributed by atoms with van der Waals surface area (Å²) in [6.45, 7) is 2.25. The molecular formula is C26H27F4N3O3S. The molecule has 1 aromatic carbocycles. The first-order chi connectivity index (χ1) is 17.6. The standard InChI is InChI=1S/C26H27F4N3O3S/c1-25(18-6-4-3-5-7-18)12-10-19(11-13-25)36-22-9-8-20(27)23(32-22)17-14-21(24(35-2)31-15-17)33-37(34)16-26(28,29)30/h3-9,14-15,19,33H,10-13,16H2,1-2H3. The van der Waals surface area contributed by atoms with Crippen molar-refractivity contribution in [2.75, 3.05) is 17.6 Å². The van der Waals surface area contributed by atoms with Gasteiger partial charge < -0.3 is 9.47 Å². The van der Waals surface area contributed by atoms with Gasteiger partial charge in [0, 0.05) is 17.8 Å². The van der Waals surface area contributed by atoms with Crippen LogP contribution >= 0.6 is 0 Å². The monoisotopic (exact) mass is 537 g/mol. The Morgan fingerprint density at radius 3 is 2.49 bits per heavy atom. The molecule has 4 rings (SSSR count). The van der Waals surface area contributed by atoms with Gasteiger partial charge in [-0.05, 0) is 48.8 Å². The van der Waals surface area contributed by atoms with Crippen LogP contribution in [0, 0.1) is 5.82 Å². The number of halogens is 4. The smallest absolute Gasteiger partial charge is 0.402 e. The molecule has 0 radical (unpaired) electrons. The number of aromatic nitrogens is 2. The zero-order chi connectivity index (χ0) is 26.6. The fourth-order valence-electron chi connectivity index (χ4n) is 4.46. The molecule has 0 aliphatic heterocycles. The molecule has 1 aliphatic rings. The Bertz CT molecular complexity index is 1250. The van der Waals surface area contributed by atoms with Crippen LogP contribution in [0.1, 0.15) is 38.2 Å². The summed E-state index contributed by atoms with van der Waals surface area (Å²) in [7, 11) is -1.22. The fourth-order valence-corrected chi connectivity index (χ4v) is 5.22. The van der Waals surface area contributed by atoms with E-state index in [1.165, 1.54) is 37.1 Å². The maximum absolute atomic E-state index is 14.7. The van der Waals surface area contributed by atoms with Crippen LogP contribution in [-0.2, 0) is 16.4 Å². The van der Waals surface area contributed by atoms with E-state index < -0.39 is 28.7 Å². The lowest BCUT2D eigenvalue weighted by molar-refractivity contribution is -0.105. The van der Waals surface area contributed by atoms with Gasteiger partial charge in [0.05, 0.1) is 7.11 Å². The van der Waals surface area contributed by atoms with E-state index in [-0.39, 0.29) is 40.2 Å². The number of pyridine rings is 2. The summed E-state index contributed by atoms with van der Waals surface area (Å²) in [6.07, 6.45) is 0.0417. The average Bonchev–Trinajstić information content (AvgIpc) is 2.86. The quantitative estimate of drug-likeness (QED) is 0.346. The Balaban J connectivity index is 1.49. The molecule has 198 valence electrons. The van der Waals surface area contributed by atoms with Gasteiger partial charge in [-0.1, -0.05) is 37.3 Å². The van der Waals surface area contributed by atoms with Crippen LogP contribution in [0.5, 0.6) is 11.8 Å². The predicted octanol–water partition coefficient (Wildman–Crippen LogP) is 6.21. The average molecular weight is 538 g/mol. The zero-order valence-electron chi connectivity index (χ0n) is 20.3. The molecule has 1 saturated carbocycles. The van der Waals surface area contributed by atoms with Crippen LogP contribution in [0.3, 0.4) is 0 Å². The number of nitrogens with one attached hydrogen (secondary N) is 1.